The van der Waals surface area contributed by atoms with Crippen LogP contribution in [0.2, 0.25) is 0 Å². The molecule has 1 saturated heterocycles. The molecule has 6 nitrogen and oxygen atoms in total. The van der Waals surface area contributed by atoms with Crippen LogP contribution in [0.1, 0.15) is 19.1 Å². The summed E-state index contributed by atoms with van der Waals surface area (Å²) in [6.45, 7) is 5.63. The zero-order valence-corrected chi connectivity index (χ0v) is 14.4. The van der Waals surface area contributed by atoms with Crippen LogP contribution in [-0.2, 0) is 6.54 Å². The molecule has 1 aromatic carbocycles. The summed E-state index contributed by atoms with van der Waals surface area (Å²) in [4.78, 5) is 12.8. The zero-order chi connectivity index (χ0) is 16.4. The first kappa shape index (κ1) is 18.4. The maximum absolute atomic E-state index is 10.9. The predicted octanol–water partition coefficient (Wildman–Crippen LogP) is 3.45. The quantitative estimate of drug-likeness (QED) is 0.658. The molecule has 130 valence electrons. The van der Waals surface area contributed by atoms with Gasteiger partial charge < -0.3 is 10.2 Å². The van der Waals surface area contributed by atoms with Crippen LogP contribution in [0, 0.1) is 15.5 Å². The maximum Gasteiger partial charge on any atom is 0.270 e. The lowest BCUT2D eigenvalue weighted by Gasteiger charge is -2.21. The molecule has 0 aliphatic carbocycles. The van der Waals surface area contributed by atoms with Crippen LogP contribution in [0.15, 0.2) is 40.8 Å². The van der Waals surface area contributed by atoms with E-state index in [4.69, 9.17) is 10.2 Å². The van der Waals surface area contributed by atoms with Gasteiger partial charge in [-0.05, 0) is 37.1 Å². The number of hydrogen-bond acceptors (Lipinski definition) is 5. The molecule has 0 saturated carbocycles. The molecule has 0 radical (unpaired) electrons. The molecule has 1 atom stereocenters. The lowest BCUT2D eigenvalue weighted by Crippen LogP contribution is -2.31. The van der Waals surface area contributed by atoms with E-state index in [0.717, 1.165) is 37.4 Å². The van der Waals surface area contributed by atoms with E-state index in [0.29, 0.717) is 12.3 Å². The largest absolute Gasteiger partial charge is 0.460 e. The van der Waals surface area contributed by atoms with Gasteiger partial charge in [0.2, 0.25) is 0 Å². The third-order valence-corrected chi connectivity index (χ3v) is 4.51. The van der Waals surface area contributed by atoms with Gasteiger partial charge in [-0.1, -0.05) is 19.1 Å². The van der Waals surface area contributed by atoms with Crippen molar-refractivity contribution in [1.82, 2.24) is 4.90 Å². The Morgan fingerprint density at radius 3 is 2.83 bits per heavy atom. The Morgan fingerprint density at radius 1 is 1.38 bits per heavy atom. The van der Waals surface area contributed by atoms with Crippen LogP contribution in [0.4, 0.5) is 5.69 Å². The normalized spacial score (nSPS) is 20.8. The Hall–Kier alpha value is -1.89. The van der Waals surface area contributed by atoms with Gasteiger partial charge in [0.15, 0.2) is 0 Å². The first-order chi connectivity index (χ1) is 11.0. The summed E-state index contributed by atoms with van der Waals surface area (Å²) in [5.74, 6) is 1.53. The molecule has 2 heterocycles. The van der Waals surface area contributed by atoms with Crippen molar-refractivity contribution in [2.45, 2.75) is 19.9 Å². The van der Waals surface area contributed by atoms with E-state index in [1.165, 1.54) is 12.1 Å². The summed E-state index contributed by atoms with van der Waals surface area (Å²) in [6.07, 6.45) is 1.10. The lowest BCUT2D eigenvalue weighted by molar-refractivity contribution is -0.384. The van der Waals surface area contributed by atoms with Gasteiger partial charge >= 0.3 is 0 Å². The number of nitro groups is 1. The standard InChI is InChI=1S/C17H21N3O3.ClH/c1-17(11-18)7-8-19(12-17)10-15-5-6-16(23-15)13-3-2-4-14(9-13)20(21)22;/h2-6,9H,7-8,10-12,18H2,1H3;1H. The molecule has 1 aliphatic heterocycles. The highest BCUT2D eigenvalue weighted by atomic mass is 35.5. The summed E-state index contributed by atoms with van der Waals surface area (Å²) in [7, 11) is 0. The van der Waals surface area contributed by atoms with Crippen LogP contribution in [-0.4, -0.2) is 29.5 Å². The van der Waals surface area contributed by atoms with Crippen LogP contribution in [0.5, 0.6) is 0 Å². The van der Waals surface area contributed by atoms with Crippen molar-refractivity contribution in [1.29, 1.82) is 0 Å². The molecule has 0 spiro atoms. The Kier molecular flexibility index (Phi) is 5.64. The van der Waals surface area contributed by atoms with Crippen LogP contribution in [0.3, 0.4) is 0 Å². The van der Waals surface area contributed by atoms with E-state index in [-0.39, 0.29) is 23.5 Å². The van der Waals surface area contributed by atoms with Crippen molar-refractivity contribution in [2.75, 3.05) is 19.6 Å². The van der Waals surface area contributed by atoms with Gasteiger partial charge in [0.1, 0.15) is 11.5 Å². The number of hydrogen-bond donors (Lipinski definition) is 1. The number of rotatable bonds is 5. The number of nitro benzene ring substituents is 1. The average Bonchev–Trinajstić information content (AvgIpc) is 3.15. The number of furan rings is 1. The Balaban J connectivity index is 0.00000208. The number of nitrogens with two attached hydrogens (primary N) is 1. The minimum absolute atomic E-state index is 0. The molecule has 1 aromatic heterocycles. The fourth-order valence-electron chi connectivity index (χ4n) is 3.04. The molecule has 24 heavy (non-hydrogen) atoms. The first-order valence-corrected chi connectivity index (χ1v) is 7.75. The van der Waals surface area contributed by atoms with Gasteiger partial charge in [-0.25, -0.2) is 0 Å². The van der Waals surface area contributed by atoms with Crippen molar-refractivity contribution in [3.05, 3.63) is 52.3 Å². The lowest BCUT2D eigenvalue weighted by atomic mass is 9.90. The molecular formula is C17H22ClN3O3. The highest BCUT2D eigenvalue weighted by Gasteiger charge is 2.32. The van der Waals surface area contributed by atoms with E-state index < -0.39 is 4.92 Å². The molecule has 1 aliphatic rings. The Bertz CT molecular complexity index is 719. The third kappa shape index (κ3) is 3.95. The number of non-ortho nitro benzene ring substituents is 1. The summed E-state index contributed by atoms with van der Waals surface area (Å²) >= 11 is 0. The summed E-state index contributed by atoms with van der Waals surface area (Å²) in [6, 6.07) is 10.3. The zero-order valence-electron chi connectivity index (χ0n) is 13.6. The molecule has 2 aromatic rings. The maximum atomic E-state index is 10.9. The third-order valence-electron chi connectivity index (χ3n) is 4.51. The Morgan fingerprint density at radius 2 is 2.17 bits per heavy atom. The fraction of sp³-hybridized carbons (Fsp3) is 0.412. The molecule has 0 bridgehead atoms. The van der Waals surface area contributed by atoms with Crippen molar-refractivity contribution in [3.63, 3.8) is 0 Å². The van der Waals surface area contributed by atoms with E-state index >= 15 is 0 Å². The minimum atomic E-state index is -0.398. The second-order valence-corrected chi connectivity index (χ2v) is 6.55. The predicted molar refractivity (Wildman–Crippen MR) is 95.1 cm³/mol. The van der Waals surface area contributed by atoms with E-state index in [2.05, 4.69) is 11.8 Å². The van der Waals surface area contributed by atoms with Crippen LogP contribution in [0.25, 0.3) is 11.3 Å². The minimum Gasteiger partial charge on any atom is -0.460 e. The number of halogens is 1. The number of likely N-dealkylation sites (tertiary alicyclic amines) is 1. The highest BCUT2D eigenvalue weighted by Crippen LogP contribution is 2.31. The van der Waals surface area contributed by atoms with Crippen LogP contribution >= 0.6 is 12.4 Å². The van der Waals surface area contributed by atoms with Crippen molar-refractivity contribution < 1.29 is 9.34 Å². The summed E-state index contributed by atoms with van der Waals surface area (Å²) in [5, 5.41) is 10.9. The molecule has 1 fully saturated rings. The van der Waals surface area contributed by atoms with Gasteiger partial charge in [-0.3, -0.25) is 15.0 Å². The second-order valence-electron chi connectivity index (χ2n) is 6.55. The SMILES string of the molecule is CC1(CN)CCN(Cc2ccc(-c3cccc([N+](=O)[O-])c3)o2)C1.Cl. The van der Waals surface area contributed by atoms with Gasteiger partial charge in [-0.15, -0.1) is 12.4 Å². The van der Waals surface area contributed by atoms with Crippen molar-refractivity contribution >= 4 is 18.1 Å². The molecule has 1 unspecified atom stereocenters. The highest BCUT2D eigenvalue weighted by molar-refractivity contribution is 5.85. The smallest absolute Gasteiger partial charge is 0.270 e. The molecule has 3 rings (SSSR count). The molecular weight excluding hydrogens is 330 g/mol. The topological polar surface area (TPSA) is 85.5 Å². The number of benzene rings is 1. The molecule has 7 heteroatoms. The van der Waals surface area contributed by atoms with E-state index in [1.54, 1.807) is 6.07 Å². The van der Waals surface area contributed by atoms with Crippen molar-refractivity contribution in [3.8, 4) is 11.3 Å². The van der Waals surface area contributed by atoms with E-state index in [9.17, 15) is 10.1 Å². The Labute approximate surface area is 147 Å². The fourth-order valence-corrected chi connectivity index (χ4v) is 3.04. The van der Waals surface area contributed by atoms with Crippen molar-refractivity contribution in [2.24, 2.45) is 11.1 Å². The van der Waals surface area contributed by atoms with Gasteiger partial charge in [-0.2, -0.15) is 0 Å². The number of nitrogens with zero attached hydrogens (tertiary/aromatic N) is 2. The van der Waals surface area contributed by atoms with E-state index in [1.807, 2.05) is 18.2 Å². The summed E-state index contributed by atoms with van der Waals surface area (Å²) < 4.78 is 5.87. The van der Waals surface area contributed by atoms with Gasteiger partial charge in [0.25, 0.3) is 5.69 Å². The first-order valence-electron chi connectivity index (χ1n) is 7.75. The van der Waals surface area contributed by atoms with Gasteiger partial charge in [0, 0.05) is 24.2 Å². The average molecular weight is 352 g/mol. The monoisotopic (exact) mass is 351 g/mol. The van der Waals surface area contributed by atoms with Crippen LogP contribution < -0.4 is 5.73 Å². The van der Waals surface area contributed by atoms with Gasteiger partial charge in [0.05, 0.1) is 11.5 Å². The second kappa shape index (κ2) is 7.34. The summed E-state index contributed by atoms with van der Waals surface area (Å²) in [5.41, 5.74) is 6.82. The molecule has 0 amide bonds. The molecule has 2 N–H and O–H groups in total.